The van der Waals surface area contributed by atoms with Crippen LogP contribution < -0.4 is 0 Å². The van der Waals surface area contributed by atoms with Crippen molar-refractivity contribution >= 4 is 23.5 Å². The number of azide groups is 2. The van der Waals surface area contributed by atoms with Crippen molar-refractivity contribution in [2.75, 3.05) is 7.11 Å². The molecule has 0 aliphatic rings. The highest BCUT2D eigenvalue weighted by Gasteiger charge is 2.09. The van der Waals surface area contributed by atoms with Crippen molar-refractivity contribution in [1.82, 2.24) is 0 Å². The molecule has 0 amide bonds. The van der Waals surface area contributed by atoms with Crippen LogP contribution in [0.4, 0.5) is 0 Å². The number of carbonyl (C=O) groups excluding carboxylic acids is 3. The van der Waals surface area contributed by atoms with Gasteiger partial charge >= 0.3 is 11.9 Å². The molecule has 0 heterocycles. The maximum atomic E-state index is 11.7. The van der Waals surface area contributed by atoms with Gasteiger partial charge in [-0.1, -0.05) is 58.8 Å². The zero-order valence-corrected chi connectivity index (χ0v) is 19.0. The van der Waals surface area contributed by atoms with Crippen LogP contribution in [0.15, 0.2) is 58.8 Å². The van der Waals surface area contributed by atoms with Gasteiger partial charge in [0.1, 0.15) is 0 Å². The Hall–Kier alpha value is -4.66. The molecule has 0 saturated heterocycles. The van der Waals surface area contributed by atoms with E-state index in [1.165, 1.54) is 7.11 Å². The van der Waals surface area contributed by atoms with Crippen LogP contribution in [0.2, 0.25) is 0 Å². The Morgan fingerprint density at radius 1 is 0.743 bits per heavy atom. The highest BCUT2D eigenvalue weighted by molar-refractivity contribution is 5.98. The molecule has 12 heteroatoms. The summed E-state index contributed by atoms with van der Waals surface area (Å²) < 4.78 is 4.46. The molecule has 2 rings (SSSR count). The summed E-state index contributed by atoms with van der Waals surface area (Å²) in [6.07, 6.45) is 0.0303. The van der Waals surface area contributed by atoms with Crippen LogP contribution in [0, 0.1) is 0 Å². The number of carbonyl (C=O) groups is 4. The molecule has 2 aromatic carbocycles. The Morgan fingerprint density at radius 2 is 1.14 bits per heavy atom. The van der Waals surface area contributed by atoms with Gasteiger partial charge in [-0.3, -0.25) is 19.2 Å². The van der Waals surface area contributed by atoms with Crippen molar-refractivity contribution in [2.24, 2.45) is 10.2 Å². The summed E-state index contributed by atoms with van der Waals surface area (Å²) >= 11 is 0. The summed E-state index contributed by atoms with van der Waals surface area (Å²) in [6, 6.07) is 13.3. The Kier molecular flexibility index (Phi) is 13.0. The number of carboxylic acid groups (broad SMARTS) is 1. The number of ether oxygens (including phenoxy) is 1. The average molecular weight is 480 g/mol. The van der Waals surface area contributed by atoms with E-state index in [2.05, 4.69) is 24.8 Å². The molecular formula is C23H24N6O6. The van der Waals surface area contributed by atoms with Gasteiger partial charge in [0.25, 0.3) is 0 Å². The number of nitrogens with zero attached hydrogens (tertiary/aromatic N) is 6. The maximum Gasteiger partial charge on any atom is 0.305 e. The second-order valence-electron chi connectivity index (χ2n) is 6.99. The lowest BCUT2D eigenvalue weighted by molar-refractivity contribution is -0.140. The number of benzene rings is 2. The van der Waals surface area contributed by atoms with Crippen molar-refractivity contribution in [3.8, 4) is 0 Å². The fourth-order valence-electron chi connectivity index (χ4n) is 2.65. The molecule has 0 bridgehead atoms. The zero-order valence-electron chi connectivity index (χ0n) is 19.0. The number of aliphatic carboxylic acids is 1. The van der Waals surface area contributed by atoms with E-state index in [0.29, 0.717) is 11.1 Å². The molecular weight excluding hydrogens is 456 g/mol. The lowest BCUT2D eigenvalue weighted by Gasteiger charge is -2.02. The van der Waals surface area contributed by atoms with Crippen LogP contribution in [-0.2, 0) is 27.4 Å². The third-order valence-corrected chi connectivity index (χ3v) is 4.53. The fraction of sp³-hybridized carbons (Fsp3) is 0.304. The highest BCUT2D eigenvalue weighted by Crippen LogP contribution is 2.10. The number of rotatable bonds is 12. The molecule has 0 saturated carbocycles. The molecule has 0 atom stereocenters. The summed E-state index contributed by atoms with van der Waals surface area (Å²) in [5.41, 5.74) is 19.0. The molecule has 12 nitrogen and oxygen atoms in total. The lowest BCUT2D eigenvalue weighted by Crippen LogP contribution is -2.06. The number of hydrogen-bond acceptors (Lipinski definition) is 7. The van der Waals surface area contributed by atoms with Crippen LogP contribution in [-0.4, -0.2) is 35.7 Å². The van der Waals surface area contributed by atoms with Crippen LogP contribution >= 0.6 is 0 Å². The normalized spacial score (nSPS) is 9.40. The van der Waals surface area contributed by atoms with Gasteiger partial charge in [0, 0.05) is 33.8 Å². The SMILES string of the molecule is COC(=O)CCC(=O)c1ccc(CN=[N+]=[N-])cc1.[N-]=[N+]=NCc1ccc(C(=O)CCC(=O)O)cc1. The third kappa shape index (κ3) is 11.7. The number of Topliss-reactive ketones (excluding diaryl/α,β-unsaturated/α-hetero) is 2. The monoisotopic (exact) mass is 480 g/mol. The summed E-state index contributed by atoms with van der Waals surface area (Å²) in [5.74, 6) is -1.71. The molecule has 2 aromatic rings. The average Bonchev–Trinajstić information content (AvgIpc) is 2.88. The molecule has 0 radical (unpaired) electrons. The standard InChI is InChI=1S/C12H13N3O3.C11H11N3O3/c1-18-12(17)7-6-11(16)10-4-2-9(3-5-10)8-14-15-13;12-14-13-7-8-1-3-9(4-2-8)10(15)5-6-11(16)17/h2-5H,6-8H2,1H3;1-4H,5-7H2,(H,16,17). The minimum Gasteiger partial charge on any atom is -0.481 e. The molecule has 0 spiro atoms. The van der Waals surface area contributed by atoms with E-state index < -0.39 is 11.9 Å². The first-order chi connectivity index (χ1) is 16.8. The smallest absolute Gasteiger partial charge is 0.305 e. The van der Waals surface area contributed by atoms with Crippen LogP contribution in [0.25, 0.3) is 20.9 Å². The number of hydrogen-bond donors (Lipinski definition) is 1. The predicted octanol–water partition coefficient (Wildman–Crippen LogP) is 5.18. The van der Waals surface area contributed by atoms with Crippen LogP contribution in [0.3, 0.4) is 0 Å². The quantitative estimate of drug-likeness (QED) is 0.143. The lowest BCUT2D eigenvalue weighted by atomic mass is 10.0. The topological polar surface area (TPSA) is 195 Å². The summed E-state index contributed by atoms with van der Waals surface area (Å²) in [5, 5.41) is 15.3. The second-order valence-corrected chi connectivity index (χ2v) is 6.99. The van der Waals surface area contributed by atoms with Crippen molar-refractivity contribution in [2.45, 2.75) is 38.8 Å². The van der Waals surface area contributed by atoms with Gasteiger partial charge in [-0.05, 0) is 22.2 Å². The molecule has 0 fully saturated rings. The molecule has 0 aliphatic heterocycles. The summed E-state index contributed by atoms with van der Waals surface area (Å²) in [7, 11) is 1.29. The Labute approximate surface area is 200 Å². The Bertz CT molecular complexity index is 1120. The predicted molar refractivity (Wildman–Crippen MR) is 125 cm³/mol. The minimum absolute atomic E-state index is 0.00890. The number of methoxy groups -OCH3 is 1. The van der Waals surface area contributed by atoms with E-state index in [-0.39, 0.29) is 50.3 Å². The van der Waals surface area contributed by atoms with Crippen molar-refractivity contribution in [1.29, 1.82) is 0 Å². The van der Waals surface area contributed by atoms with Gasteiger partial charge in [-0.2, -0.15) is 0 Å². The van der Waals surface area contributed by atoms with E-state index in [1.807, 2.05) is 0 Å². The first kappa shape index (κ1) is 28.4. The molecule has 1 N–H and O–H groups in total. The van der Waals surface area contributed by atoms with Gasteiger partial charge in [-0.15, -0.1) is 0 Å². The summed E-state index contributed by atoms with van der Waals surface area (Å²) in [6.45, 7) is 0.493. The zero-order chi connectivity index (χ0) is 26.1. The van der Waals surface area contributed by atoms with Gasteiger partial charge in [0.05, 0.1) is 33.0 Å². The first-order valence-electron chi connectivity index (χ1n) is 10.3. The molecule has 0 aromatic heterocycles. The third-order valence-electron chi connectivity index (χ3n) is 4.53. The van der Waals surface area contributed by atoms with Crippen molar-refractivity contribution < 1.29 is 29.0 Å². The maximum absolute atomic E-state index is 11.7. The molecule has 35 heavy (non-hydrogen) atoms. The van der Waals surface area contributed by atoms with Gasteiger partial charge in [-0.25, -0.2) is 0 Å². The number of ketones is 2. The minimum atomic E-state index is -0.988. The van der Waals surface area contributed by atoms with Crippen LogP contribution in [0.5, 0.6) is 0 Å². The fourth-order valence-corrected chi connectivity index (χ4v) is 2.65. The number of carboxylic acids is 1. The second kappa shape index (κ2) is 16.0. The van der Waals surface area contributed by atoms with E-state index in [1.54, 1.807) is 48.5 Å². The van der Waals surface area contributed by atoms with Gasteiger partial charge < -0.3 is 9.84 Å². The van der Waals surface area contributed by atoms with Crippen molar-refractivity contribution in [3.63, 3.8) is 0 Å². The van der Waals surface area contributed by atoms with Crippen LogP contribution in [0.1, 0.15) is 57.5 Å². The number of esters is 1. The first-order valence-corrected chi connectivity index (χ1v) is 10.3. The Morgan fingerprint density at radius 3 is 1.49 bits per heavy atom. The van der Waals surface area contributed by atoms with Gasteiger partial charge in [0.15, 0.2) is 11.6 Å². The largest absolute Gasteiger partial charge is 0.481 e. The molecule has 0 aliphatic carbocycles. The molecule has 0 unspecified atom stereocenters. The Balaban J connectivity index is 0.000000351. The van der Waals surface area contributed by atoms with E-state index in [4.69, 9.17) is 16.2 Å². The van der Waals surface area contributed by atoms with Crippen molar-refractivity contribution in [3.05, 3.63) is 91.7 Å². The van der Waals surface area contributed by atoms with E-state index in [9.17, 15) is 19.2 Å². The van der Waals surface area contributed by atoms with E-state index in [0.717, 1.165) is 11.1 Å². The van der Waals surface area contributed by atoms with Gasteiger partial charge in [0.2, 0.25) is 0 Å². The summed E-state index contributed by atoms with van der Waals surface area (Å²) in [4.78, 5) is 49.7. The molecule has 182 valence electrons. The highest BCUT2D eigenvalue weighted by atomic mass is 16.5. The van der Waals surface area contributed by atoms with E-state index >= 15 is 0 Å².